The first-order valence-corrected chi connectivity index (χ1v) is 16.9. The van der Waals surface area contributed by atoms with Crippen LogP contribution in [0.3, 0.4) is 0 Å². The molecule has 0 bridgehead atoms. The van der Waals surface area contributed by atoms with Crippen LogP contribution < -0.4 is 26.6 Å². The number of nitrogens with one attached hydrogen (secondary N) is 5. The van der Waals surface area contributed by atoms with Gasteiger partial charge in [0.05, 0.1) is 18.1 Å². The Morgan fingerprint density at radius 1 is 0.875 bits per heavy atom. The van der Waals surface area contributed by atoms with Crippen LogP contribution in [-0.4, -0.2) is 54.8 Å². The highest BCUT2D eigenvalue weighted by Gasteiger charge is 2.26. The molecule has 0 fully saturated rings. The highest BCUT2D eigenvalue weighted by atomic mass is 32.1. The molecule has 0 saturated heterocycles. The number of nitriles is 1. The van der Waals surface area contributed by atoms with Crippen LogP contribution in [0.5, 0.6) is 0 Å². The molecule has 10 nitrogen and oxygen atoms in total. The molecule has 0 spiro atoms. The number of likely N-dealkylation sites (N-methyl/N-ethyl adjacent to an activating group) is 1. The van der Waals surface area contributed by atoms with Crippen molar-refractivity contribution in [1.29, 1.82) is 5.26 Å². The van der Waals surface area contributed by atoms with E-state index in [9.17, 15) is 24.4 Å². The van der Waals surface area contributed by atoms with Crippen molar-refractivity contribution in [3.8, 4) is 29.0 Å². The summed E-state index contributed by atoms with van der Waals surface area (Å²) >= 11 is 1.28. The highest BCUT2D eigenvalue weighted by molar-refractivity contribution is 7.11. The van der Waals surface area contributed by atoms with Crippen molar-refractivity contribution in [2.45, 2.75) is 72.1 Å². The minimum Gasteiger partial charge on any atom is -0.355 e. The number of hydrogen-bond donors (Lipinski definition) is 5. The van der Waals surface area contributed by atoms with Crippen LogP contribution >= 0.6 is 11.3 Å². The number of hydrogen-bond acceptors (Lipinski definition) is 7. The molecular formula is C37H44N6O4S. The first-order valence-electron chi connectivity index (χ1n) is 16.0. The molecule has 0 radical (unpaired) electrons. The van der Waals surface area contributed by atoms with E-state index in [1.54, 1.807) is 37.4 Å². The average Bonchev–Trinajstić information content (AvgIpc) is 3.57. The lowest BCUT2D eigenvalue weighted by molar-refractivity contribution is -0.130. The Kier molecular flexibility index (Phi) is 14.4. The molecule has 4 amide bonds. The molecule has 0 aliphatic heterocycles. The molecular weight excluding hydrogens is 625 g/mol. The van der Waals surface area contributed by atoms with Crippen LogP contribution in [0.1, 0.15) is 85.2 Å². The first kappa shape index (κ1) is 37.5. The van der Waals surface area contributed by atoms with Crippen molar-refractivity contribution < 1.29 is 19.2 Å². The fourth-order valence-corrected chi connectivity index (χ4v) is 5.66. The lowest BCUT2D eigenvalue weighted by Crippen LogP contribution is -2.55. The van der Waals surface area contributed by atoms with Crippen LogP contribution in [0.2, 0.25) is 0 Å². The van der Waals surface area contributed by atoms with Gasteiger partial charge in [0, 0.05) is 36.2 Å². The number of benzene rings is 2. The number of rotatable bonds is 15. The number of carbonyl (C=O) groups is 4. The van der Waals surface area contributed by atoms with E-state index < -0.39 is 24.0 Å². The summed E-state index contributed by atoms with van der Waals surface area (Å²) in [5, 5.41) is 26.2. The van der Waals surface area contributed by atoms with E-state index in [-0.39, 0.29) is 47.4 Å². The summed E-state index contributed by atoms with van der Waals surface area (Å²) in [6.07, 6.45) is 0.307. The summed E-state index contributed by atoms with van der Waals surface area (Å²) in [5.41, 5.74) is 2.64. The van der Waals surface area contributed by atoms with Gasteiger partial charge in [-0.3, -0.25) is 19.2 Å². The maximum absolute atomic E-state index is 13.7. The van der Waals surface area contributed by atoms with Gasteiger partial charge in [0.1, 0.15) is 17.0 Å². The van der Waals surface area contributed by atoms with Gasteiger partial charge in [0.2, 0.25) is 11.8 Å². The van der Waals surface area contributed by atoms with Gasteiger partial charge in [-0.25, -0.2) is 0 Å². The molecule has 0 aliphatic carbocycles. The third kappa shape index (κ3) is 10.5. The Morgan fingerprint density at radius 3 is 2.15 bits per heavy atom. The molecule has 48 heavy (non-hydrogen) atoms. The molecule has 4 atom stereocenters. The Labute approximate surface area is 287 Å². The van der Waals surface area contributed by atoms with E-state index >= 15 is 0 Å². The quantitative estimate of drug-likeness (QED) is 0.150. The van der Waals surface area contributed by atoms with Gasteiger partial charge in [-0.2, -0.15) is 5.26 Å². The molecule has 3 aromatic rings. The predicted molar refractivity (Wildman–Crippen MR) is 189 cm³/mol. The summed E-state index contributed by atoms with van der Waals surface area (Å²) in [5.74, 6) is 4.34. The van der Waals surface area contributed by atoms with Gasteiger partial charge in [-0.05, 0) is 74.4 Å². The molecule has 1 heterocycles. The first-order chi connectivity index (χ1) is 23.0. The van der Waals surface area contributed by atoms with Crippen molar-refractivity contribution in [3.05, 3.63) is 81.5 Å². The number of nitrogens with zero attached hydrogens (tertiary/aromatic N) is 1. The zero-order valence-electron chi connectivity index (χ0n) is 28.3. The second-order valence-electron chi connectivity index (χ2n) is 11.7. The molecule has 3 rings (SSSR count). The second kappa shape index (κ2) is 18.4. The third-order valence-electron chi connectivity index (χ3n) is 7.70. The standard InChI is InChI=1S/C37H44N6O4S/c1-7-9-15-30(22-40-25(6)34(44)43-33(23(3)4)37(47)39-8-2)42-36(46)29-19-27(31-16-17-48-32(31)21-38)18-28(20-29)35(45)41-24(5)26-13-11-10-12-14-26/h10-14,16-20,23-25,30,33,40H,8,15,22H2,1-6H3,(H,39,47)(H,41,45)(H,42,46)(H,43,44)/t24-,25+,30?,33+/m1/s1. The Bertz CT molecular complexity index is 1680. The molecule has 11 heteroatoms. The van der Waals surface area contributed by atoms with Gasteiger partial charge < -0.3 is 26.6 Å². The molecule has 1 aromatic heterocycles. The van der Waals surface area contributed by atoms with E-state index in [1.165, 1.54) is 17.4 Å². The predicted octanol–water partition coefficient (Wildman–Crippen LogP) is 4.54. The van der Waals surface area contributed by atoms with Crippen molar-refractivity contribution in [2.24, 2.45) is 5.92 Å². The Morgan fingerprint density at radius 2 is 1.54 bits per heavy atom. The van der Waals surface area contributed by atoms with Gasteiger partial charge in [-0.15, -0.1) is 23.2 Å². The summed E-state index contributed by atoms with van der Waals surface area (Å²) in [6, 6.07) is 16.3. The fourth-order valence-electron chi connectivity index (χ4n) is 4.95. The number of carbonyl (C=O) groups excluding carboxylic acids is 4. The van der Waals surface area contributed by atoms with Gasteiger partial charge in [0.25, 0.3) is 11.8 Å². The van der Waals surface area contributed by atoms with E-state index in [2.05, 4.69) is 44.5 Å². The molecule has 2 aromatic carbocycles. The summed E-state index contributed by atoms with van der Waals surface area (Å²) in [7, 11) is 0. The second-order valence-corrected chi connectivity index (χ2v) is 12.7. The van der Waals surface area contributed by atoms with Crippen molar-refractivity contribution in [2.75, 3.05) is 13.1 Å². The monoisotopic (exact) mass is 668 g/mol. The molecule has 1 unspecified atom stereocenters. The molecule has 0 aliphatic rings. The zero-order valence-corrected chi connectivity index (χ0v) is 29.1. The zero-order chi connectivity index (χ0) is 35.2. The van der Waals surface area contributed by atoms with E-state index in [1.807, 2.05) is 58.0 Å². The van der Waals surface area contributed by atoms with Gasteiger partial charge in [-0.1, -0.05) is 44.2 Å². The Hall–Kier alpha value is -4.97. The largest absolute Gasteiger partial charge is 0.355 e. The average molecular weight is 669 g/mol. The van der Waals surface area contributed by atoms with Crippen molar-refractivity contribution >= 4 is 35.0 Å². The van der Waals surface area contributed by atoms with Crippen LogP contribution in [-0.2, 0) is 9.59 Å². The minimum absolute atomic E-state index is 0.109. The maximum atomic E-state index is 13.7. The lowest BCUT2D eigenvalue weighted by atomic mass is 9.98. The smallest absolute Gasteiger partial charge is 0.251 e. The Balaban J connectivity index is 1.82. The summed E-state index contributed by atoms with van der Waals surface area (Å²) in [4.78, 5) is 53.1. The van der Waals surface area contributed by atoms with Crippen LogP contribution in [0.15, 0.2) is 60.0 Å². The molecule has 5 N–H and O–H groups in total. The van der Waals surface area contributed by atoms with Crippen LogP contribution in [0.4, 0.5) is 0 Å². The summed E-state index contributed by atoms with van der Waals surface area (Å²) in [6.45, 7) is 11.5. The highest BCUT2D eigenvalue weighted by Crippen LogP contribution is 2.30. The normalized spacial score (nSPS) is 13.1. The fraction of sp³-hybridized carbons (Fsp3) is 0.378. The van der Waals surface area contributed by atoms with Crippen molar-refractivity contribution in [1.82, 2.24) is 26.6 Å². The SMILES string of the molecule is CC#CCC(CN[C@@H](C)C(=O)N[C@H](C(=O)NCC)C(C)C)NC(=O)c1cc(C(=O)N[C@H](C)c2ccccc2)cc(-c2ccsc2C#N)c1. The van der Waals surface area contributed by atoms with Crippen LogP contribution in [0.25, 0.3) is 11.1 Å². The third-order valence-corrected chi connectivity index (χ3v) is 8.52. The molecule has 252 valence electrons. The van der Waals surface area contributed by atoms with E-state index in [4.69, 9.17) is 0 Å². The topological polar surface area (TPSA) is 152 Å². The number of thiophene rings is 1. The van der Waals surface area contributed by atoms with E-state index in [0.717, 1.165) is 5.56 Å². The minimum atomic E-state index is -0.678. The van der Waals surface area contributed by atoms with Crippen molar-refractivity contribution in [3.63, 3.8) is 0 Å². The summed E-state index contributed by atoms with van der Waals surface area (Å²) < 4.78 is 0. The van der Waals surface area contributed by atoms with Gasteiger partial charge >= 0.3 is 0 Å². The lowest BCUT2D eigenvalue weighted by Gasteiger charge is -2.25. The van der Waals surface area contributed by atoms with E-state index in [0.29, 0.717) is 29.0 Å². The number of amides is 4. The maximum Gasteiger partial charge on any atom is 0.251 e. The molecule has 0 saturated carbocycles. The van der Waals surface area contributed by atoms with Crippen LogP contribution in [0, 0.1) is 29.1 Å². The van der Waals surface area contributed by atoms with Gasteiger partial charge in [0.15, 0.2) is 0 Å².